The molecule has 0 radical (unpaired) electrons. The molecule has 0 aliphatic carbocycles. The van der Waals surface area contributed by atoms with Crippen molar-refractivity contribution < 1.29 is 5.11 Å². The largest absolute Gasteiger partial charge is 0.390 e. The molecule has 3 nitrogen and oxygen atoms in total. The molecule has 66 valence electrons. The predicted molar refractivity (Wildman–Crippen MR) is 50.2 cm³/mol. The molecule has 0 unspecified atom stereocenters. The Morgan fingerprint density at radius 3 is 2.92 bits per heavy atom. The lowest BCUT2D eigenvalue weighted by Crippen LogP contribution is -1.92. The maximum Gasteiger partial charge on any atom is 0.159 e. The zero-order valence-corrected chi connectivity index (χ0v) is 7.36. The Labute approximate surface area is 76.1 Å². The fraction of sp³-hybridized carbons (Fsp3) is 0.200. The smallest absolute Gasteiger partial charge is 0.159 e. The summed E-state index contributed by atoms with van der Waals surface area (Å²) in [4.78, 5) is 8.32. The molecule has 2 aromatic rings. The zero-order chi connectivity index (χ0) is 9.26. The molecule has 13 heavy (non-hydrogen) atoms. The molecule has 3 heteroatoms. The number of nitrogens with zero attached hydrogens (tertiary/aromatic N) is 2. The second-order valence-corrected chi connectivity index (χ2v) is 2.96. The van der Waals surface area contributed by atoms with Crippen LogP contribution in [0.5, 0.6) is 0 Å². The van der Waals surface area contributed by atoms with Gasteiger partial charge in [0, 0.05) is 11.6 Å². The lowest BCUT2D eigenvalue weighted by Gasteiger charge is -2.01. The van der Waals surface area contributed by atoms with E-state index in [1.165, 1.54) is 0 Å². The molecular weight excluding hydrogens is 164 g/mol. The van der Waals surface area contributed by atoms with E-state index in [2.05, 4.69) is 9.97 Å². The number of pyridine rings is 2. The topological polar surface area (TPSA) is 46.0 Å². The van der Waals surface area contributed by atoms with E-state index in [1.807, 2.05) is 25.1 Å². The molecule has 0 bridgehead atoms. The molecule has 0 saturated carbocycles. The van der Waals surface area contributed by atoms with Crippen molar-refractivity contribution in [2.24, 2.45) is 0 Å². The molecule has 1 N–H and O–H groups in total. The van der Waals surface area contributed by atoms with Crippen LogP contribution in [0.25, 0.3) is 11.0 Å². The number of fused-ring (bicyclic) bond motifs is 1. The van der Waals surface area contributed by atoms with Gasteiger partial charge in [-0.1, -0.05) is 0 Å². The first kappa shape index (κ1) is 8.13. The van der Waals surface area contributed by atoms with E-state index < -0.39 is 0 Å². The van der Waals surface area contributed by atoms with E-state index in [0.29, 0.717) is 11.3 Å². The van der Waals surface area contributed by atoms with Gasteiger partial charge < -0.3 is 5.11 Å². The van der Waals surface area contributed by atoms with Crippen molar-refractivity contribution in [3.63, 3.8) is 0 Å². The third-order valence-electron chi connectivity index (χ3n) is 2.04. The van der Waals surface area contributed by atoms with Crippen molar-refractivity contribution in [2.75, 3.05) is 0 Å². The molecule has 2 heterocycles. The highest BCUT2D eigenvalue weighted by atomic mass is 16.3. The Hall–Kier alpha value is -1.48. The van der Waals surface area contributed by atoms with Crippen LogP contribution in [0, 0.1) is 6.92 Å². The van der Waals surface area contributed by atoms with Gasteiger partial charge in [-0.25, -0.2) is 9.97 Å². The van der Waals surface area contributed by atoms with Crippen molar-refractivity contribution in [3.8, 4) is 0 Å². The maximum absolute atomic E-state index is 8.88. The highest BCUT2D eigenvalue weighted by Crippen LogP contribution is 2.13. The minimum absolute atomic E-state index is 0.0361. The quantitative estimate of drug-likeness (QED) is 0.711. The Kier molecular flexibility index (Phi) is 1.94. The summed E-state index contributed by atoms with van der Waals surface area (Å²) in [6, 6.07) is 5.70. The number of rotatable bonds is 1. The SMILES string of the molecule is Cc1ccnc2nc(CO)ccc12. The standard InChI is InChI=1S/C10H10N2O/c1-7-4-5-11-10-9(7)3-2-8(6-13)12-10/h2-5,13H,6H2,1H3. The van der Waals surface area contributed by atoms with E-state index in [-0.39, 0.29) is 6.61 Å². The molecule has 0 saturated heterocycles. The average Bonchev–Trinajstić information content (AvgIpc) is 2.18. The van der Waals surface area contributed by atoms with Gasteiger partial charge in [-0.2, -0.15) is 0 Å². The predicted octanol–water partition coefficient (Wildman–Crippen LogP) is 1.43. The number of hydrogen-bond donors (Lipinski definition) is 1. The molecular formula is C10H10N2O. The van der Waals surface area contributed by atoms with Gasteiger partial charge in [0.15, 0.2) is 5.65 Å². The summed E-state index contributed by atoms with van der Waals surface area (Å²) in [5.74, 6) is 0. The van der Waals surface area contributed by atoms with Crippen LogP contribution in [0.3, 0.4) is 0 Å². The Morgan fingerprint density at radius 2 is 2.15 bits per heavy atom. The number of hydrogen-bond acceptors (Lipinski definition) is 3. The van der Waals surface area contributed by atoms with Gasteiger partial charge in [0.2, 0.25) is 0 Å². The van der Waals surface area contributed by atoms with E-state index in [1.54, 1.807) is 6.20 Å². The molecule has 0 aliphatic heterocycles. The van der Waals surface area contributed by atoms with Crippen LogP contribution in [0.2, 0.25) is 0 Å². The summed E-state index contributed by atoms with van der Waals surface area (Å²) >= 11 is 0. The van der Waals surface area contributed by atoms with Gasteiger partial charge in [0.25, 0.3) is 0 Å². The molecule has 0 fully saturated rings. The second-order valence-electron chi connectivity index (χ2n) is 2.96. The fourth-order valence-electron chi connectivity index (χ4n) is 1.29. The maximum atomic E-state index is 8.88. The minimum atomic E-state index is -0.0361. The average molecular weight is 174 g/mol. The fourth-order valence-corrected chi connectivity index (χ4v) is 1.29. The van der Waals surface area contributed by atoms with Crippen LogP contribution in [0.15, 0.2) is 24.4 Å². The summed E-state index contributed by atoms with van der Waals surface area (Å²) in [5.41, 5.74) is 2.51. The summed E-state index contributed by atoms with van der Waals surface area (Å²) < 4.78 is 0. The molecule has 0 aromatic carbocycles. The van der Waals surface area contributed by atoms with Crippen molar-refractivity contribution >= 4 is 11.0 Å². The molecule has 0 amide bonds. The zero-order valence-electron chi connectivity index (χ0n) is 7.36. The first-order valence-corrected chi connectivity index (χ1v) is 4.13. The van der Waals surface area contributed by atoms with E-state index in [4.69, 9.17) is 5.11 Å². The number of aliphatic hydroxyl groups excluding tert-OH is 1. The molecule has 0 aliphatic rings. The van der Waals surface area contributed by atoms with E-state index in [0.717, 1.165) is 10.9 Å². The lowest BCUT2D eigenvalue weighted by molar-refractivity contribution is 0.277. The highest BCUT2D eigenvalue weighted by molar-refractivity contribution is 5.78. The van der Waals surface area contributed by atoms with Crippen LogP contribution in [-0.4, -0.2) is 15.1 Å². The minimum Gasteiger partial charge on any atom is -0.390 e. The van der Waals surface area contributed by atoms with Gasteiger partial charge in [0.1, 0.15) is 0 Å². The van der Waals surface area contributed by atoms with Crippen LogP contribution in [0.1, 0.15) is 11.3 Å². The third kappa shape index (κ3) is 1.38. The molecule has 0 atom stereocenters. The second kappa shape index (κ2) is 3.11. The lowest BCUT2D eigenvalue weighted by atomic mass is 10.2. The van der Waals surface area contributed by atoms with Crippen LogP contribution < -0.4 is 0 Å². The van der Waals surface area contributed by atoms with Gasteiger partial charge >= 0.3 is 0 Å². The Balaban J connectivity index is 2.72. The molecule has 2 rings (SSSR count). The van der Waals surface area contributed by atoms with E-state index in [9.17, 15) is 0 Å². The van der Waals surface area contributed by atoms with E-state index >= 15 is 0 Å². The van der Waals surface area contributed by atoms with Gasteiger partial charge in [-0.15, -0.1) is 0 Å². The number of aryl methyl sites for hydroxylation is 1. The number of aliphatic hydroxyl groups is 1. The van der Waals surface area contributed by atoms with Gasteiger partial charge in [-0.05, 0) is 30.7 Å². The summed E-state index contributed by atoms with van der Waals surface area (Å²) in [6.07, 6.45) is 1.73. The molecule has 0 spiro atoms. The van der Waals surface area contributed by atoms with Gasteiger partial charge in [0.05, 0.1) is 12.3 Å². The summed E-state index contributed by atoms with van der Waals surface area (Å²) in [6.45, 7) is 1.98. The van der Waals surface area contributed by atoms with Crippen LogP contribution in [-0.2, 0) is 6.61 Å². The normalized spacial score (nSPS) is 10.6. The first-order valence-electron chi connectivity index (χ1n) is 4.13. The third-order valence-corrected chi connectivity index (χ3v) is 2.04. The summed E-state index contributed by atoms with van der Waals surface area (Å²) in [7, 11) is 0. The van der Waals surface area contributed by atoms with Gasteiger partial charge in [-0.3, -0.25) is 0 Å². The monoisotopic (exact) mass is 174 g/mol. The highest BCUT2D eigenvalue weighted by Gasteiger charge is 1.99. The first-order chi connectivity index (χ1) is 6.31. The number of aromatic nitrogens is 2. The Morgan fingerprint density at radius 1 is 1.31 bits per heavy atom. The Bertz CT molecular complexity index is 440. The van der Waals surface area contributed by atoms with Crippen molar-refractivity contribution in [2.45, 2.75) is 13.5 Å². The summed E-state index contributed by atoms with van der Waals surface area (Å²) in [5, 5.41) is 9.92. The van der Waals surface area contributed by atoms with Crippen molar-refractivity contribution in [1.82, 2.24) is 9.97 Å². The van der Waals surface area contributed by atoms with Crippen LogP contribution >= 0.6 is 0 Å². The van der Waals surface area contributed by atoms with Crippen molar-refractivity contribution in [1.29, 1.82) is 0 Å². The molecule has 2 aromatic heterocycles. The van der Waals surface area contributed by atoms with Crippen molar-refractivity contribution in [3.05, 3.63) is 35.7 Å². The van der Waals surface area contributed by atoms with Crippen LogP contribution in [0.4, 0.5) is 0 Å².